The Morgan fingerprint density at radius 1 is 1.32 bits per heavy atom. The maximum absolute atomic E-state index is 13.0. The van der Waals surface area contributed by atoms with Crippen LogP contribution in [-0.4, -0.2) is 41.3 Å². The first-order valence-electron chi connectivity index (χ1n) is 6.14. The van der Waals surface area contributed by atoms with Crippen molar-refractivity contribution in [1.82, 2.24) is 13.9 Å². The number of piperidine rings is 1. The van der Waals surface area contributed by atoms with Gasteiger partial charge < -0.3 is 4.57 Å². The number of alkyl halides is 2. The fourth-order valence-corrected chi connectivity index (χ4v) is 3.28. The van der Waals surface area contributed by atoms with Crippen LogP contribution < -0.4 is 0 Å². The van der Waals surface area contributed by atoms with E-state index < -0.39 is 28.8 Å². The van der Waals surface area contributed by atoms with Crippen molar-refractivity contribution in [3.05, 3.63) is 12.5 Å². The predicted molar refractivity (Wildman–Crippen MR) is 65.6 cm³/mol. The molecule has 0 spiro atoms. The number of halogens is 2. The predicted octanol–water partition coefficient (Wildman–Crippen LogP) is 1.88. The molecule has 1 aromatic rings. The fourth-order valence-electron chi connectivity index (χ4n) is 1.92. The second-order valence-electron chi connectivity index (χ2n) is 5.01. The summed E-state index contributed by atoms with van der Waals surface area (Å²) in [5.41, 5.74) is 0. The minimum Gasteiger partial charge on any atom is -0.334 e. The average molecular weight is 293 g/mol. The molecule has 1 saturated heterocycles. The van der Waals surface area contributed by atoms with Crippen LogP contribution in [0.15, 0.2) is 17.6 Å². The minimum atomic E-state index is -3.76. The molecule has 0 aliphatic carbocycles. The molecule has 0 amide bonds. The molecule has 108 valence electrons. The van der Waals surface area contributed by atoms with Crippen LogP contribution in [0.25, 0.3) is 0 Å². The zero-order valence-corrected chi connectivity index (χ0v) is 11.7. The zero-order valence-electron chi connectivity index (χ0n) is 10.9. The number of aromatic nitrogens is 2. The van der Waals surface area contributed by atoms with Gasteiger partial charge in [-0.3, -0.25) is 0 Å². The number of hydrogen-bond donors (Lipinski definition) is 0. The molecular weight excluding hydrogens is 276 g/mol. The van der Waals surface area contributed by atoms with Crippen molar-refractivity contribution in [1.29, 1.82) is 0 Å². The van der Waals surface area contributed by atoms with E-state index in [1.165, 1.54) is 12.5 Å². The van der Waals surface area contributed by atoms with E-state index in [2.05, 4.69) is 4.98 Å². The molecule has 0 aromatic carbocycles. The molecule has 1 fully saturated rings. The summed E-state index contributed by atoms with van der Waals surface area (Å²) >= 11 is 0. The van der Waals surface area contributed by atoms with Gasteiger partial charge in [-0.25, -0.2) is 22.2 Å². The Balaban J connectivity index is 2.18. The Morgan fingerprint density at radius 3 is 2.37 bits per heavy atom. The van der Waals surface area contributed by atoms with Crippen molar-refractivity contribution in [3.8, 4) is 0 Å². The highest BCUT2D eigenvalue weighted by atomic mass is 32.2. The van der Waals surface area contributed by atoms with E-state index in [0.717, 1.165) is 4.31 Å². The summed E-state index contributed by atoms with van der Waals surface area (Å²) in [5, 5.41) is -0.0774. The first-order valence-corrected chi connectivity index (χ1v) is 7.58. The summed E-state index contributed by atoms with van der Waals surface area (Å²) in [6.07, 6.45) is 2.01. The summed E-state index contributed by atoms with van der Waals surface area (Å²) in [5.74, 6) is -2.76. The summed E-state index contributed by atoms with van der Waals surface area (Å²) < 4.78 is 53.3. The number of hydrogen-bond acceptors (Lipinski definition) is 3. The lowest BCUT2D eigenvalue weighted by molar-refractivity contribution is -0.0412. The van der Waals surface area contributed by atoms with Gasteiger partial charge in [0.15, 0.2) is 5.03 Å². The molecule has 19 heavy (non-hydrogen) atoms. The van der Waals surface area contributed by atoms with Crippen LogP contribution in [-0.2, 0) is 10.0 Å². The van der Waals surface area contributed by atoms with Crippen molar-refractivity contribution < 1.29 is 17.2 Å². The Hall–Kier alpha value is -1.02. The van der Waals surface area contributed by atoms with Gasteiger partial charge in [-0.1, -0.05) is 0 Å². The van der Waals surface area contributed by atoms with Crippen molar-refractivity contribution in [3.63, 3.8) is 0 Å². The van der Waals surface area contributed by atoms with Crippen LogP contribution in [0.5, 0.6) is 0 Å². The third-order valence-corrected chi connectivity index (χ3v) is 5.02. The largest absolute Gasteiger partial charge is 0.334 e. The van der Waals surface area contributed by atoms with E-state index in [9.17, 15) is 17.2 Å². The van der Waals surface area contributed by atoms with Crippen LogP contribution >= 0.6 is 0 Å². The number of rotatable bonds is 3. The molecule has 1 aliphatic rings. The lowest BCUT2D eigenvalue weighted by atomic mass is 10.1. The molecule has 5 nitrogen and oxygen atoms in total. The molecule has 2 rings (SSSR count). The van der Waals surface area contributed by atoms with Gasteiger partial charge in [0.2, 0.25) is 0 Å². The number of nitrogens with zero attached hydrogens (tertiary/aromatic N) is 3. The molecule has 0 bridgehead atoms. The van der Waals surface area contributed by atoms with E-state index in [4.69, 9.17) is 0 Å². The molecule has 0 saturated carbocycles. The van der Waals surface area contributed by atoms with Gasteiger partial charge in [0.05, 0.1) is 6.33 Å². The van der Waals surface area contributed by atoms with Crippen molar-refractivity contribution >= 4 is 10.0 Å². The summed E-state index contributed by atoms with van der Waals surface area (Å²) in [7, 11) is -3.76. The standard InChI is InChI=1S/C11H17F2N3O2S/c1-9(2)15-7-10(14-8-15)19(17,18)16-5-3-11(12,13)4-6-16/h7-9H,3-6H2,1-2H3. The highest BCUT2D eigenvalue weighted by molar-refractivity contribution is 7.89. The topological polar surface area (TPSA) is 55.2 Å². The quantitative estimate of drug-likeness (QED) is 0.855. The summed E-state index contributed by atoms with van der Waals surface area (Å²) in [6.45, 7) is 3.48. The Labute approximate surface area is 111 Å². The van der Waals surface area contributed by atoms with Gasteiger partial charge in [-0.15, -0.1) is 0 Å². The van der Waals surface area contributed by atoms with Gasteiger partial charge in [-0.05, 0) is 13.8 Å². The number of sulfonamides is 1. The first-order chi connectivity index (χ1) is 8.72. The summed E-state index contributed by atoms with van der Waals surface area (Å²) in [4.78, 5) is 3.87. The van der Waals surface area contributed by atoms with E-state index in [1.54, 1.807) is 4.57 Å². The van der Waals surface area contributed by atoms with Crippen molar-refractivity contribution in [2.45, 2.75) is 43.7 Å². The Morgan fingerprint density at radius 2 is 1.89 bits per heavy atom. The van der Waals surface area contributed by atoms with E-state index in [0.29, 0.717) is 0 Å². The van der Waals surface area contributed by atoms with Crippen LogP contribution in [0.1, 0.15) is 32.7 Å². The van der Waals surface area contributed by atoms with Gasteiger partial charge >= 0.3 is 0 Å². The molecular formula is C11H17F2N3O2S. The Kier molecular flexibility index (Phi) is 3.65. The molecule has 0 N–H and O–H groups in total. The first kappa shape index (κ1) is 14.4. The molecule has 0 radical (unpaired) electrons. The second kappa shape index (κ2) is 4.82. The molecule has 0 atom stereocenters. The van der Waals surface area contributed by atoms with Crippen LogP contribution in [0, 0.1) is 0 Å². The zero-order chi connectivity index (χ0) is 14.3. The van der Waals surface area contributed by atoms with Crippen molar-refractivity contribution in [2.75, 3.05) is 13.1 Å². The maximum Gasteiger partial charge on any atom is 0.262 e. The third-order valence-electron chi connectivity index (χ3n) is 3.23. The van der Waals surface area contributed by atoms with Gasteiger partial charge in [0, 0.05) is 38.2 Å². The molecule has 2 heterocycles. The Bertz CT molecular complexity index is 544. The molecule has 8 heteroatoms. The highest BCUT2D eigenvalue weighted by Crippen LogP contribution is 2.30. The normalized spacial score (nSPS) is 20.9. The maximum atomic E-state index is 13.0. The van der Waals surface area contributed by atoms with Crippen molar-refractivity contribution in [2.24, 2.45) is 0 Å². The number of imidazole rings is 1. The molecule has 1 aromatic heterocycles. The highest BCUT2D eigenvalue weighted by Gasteiger charge is 2.39. The summed E-state index contributed by atoms with van der Waals surface area (Å²) in [6, 6.07) is 0.0992. The monoisotopic (exact) mass is 293 g/mol. The van der Waals surface area contributed by atoms with Crippen LogP contribution in [0.4, 0.5) is 8.78 Å². The lowest BCUT2D eigenvalue weighted by Gasteiger charge is -2.30. The second-order valence-corrected chi connectivity index (χ2v) is 6.90. The molecule has 1 aliphatic heterocycles. The van der Waals surface area contributed by atoms with E-state index in [1.807, 2.05) is 13.8 Å². The smallest absolute Gasteiger partial charge is 0.262 e. The van der Waals surface area contributed by atoms with Crippen LogP contribution in [0.2, 0.25) is 0 Å². The average Bonchev–Trinajstić information content (AvgIpc) is 2.78. The van der Waals surface area contributed by atoms with Gasteiger partial charge in [-0.2, -0.15) is 4.31 Å². The molecule has 0 unspecified atom stereocenters. The minimum absolute atomic E-state index is 0.0774. The van der Waals surface area contributed by atoms with Gasteiger partial charge in [0.25, 0.3) is 15.9 Å². The van der Waals surface area contributed by atoms with Gasteiger partial charge in [0.1, 0.15) is 0 Å². The van der Waals surface area contributed by atoms with E-state index in [-0.39, 0.29) is 24.2 Å². The SMILES string of the molecule is CC(C)n1cnc(S(=O)(=O)N2CCC(F)(F)CC2)c1. The van der Waals surface area contributed by atoms with Crippen LogP contribution in [0.3, 0.4) is 0 Å². The third kappa shape index (κ3) is 2.94. The van der Waals surface area contributed by atoms with E-state index >= 15 is 0 Å². The lowest BCUT2D eigenvalue weighted by Crippen LogP contribution is -2.42. The fraction of sp³-hybridized carbons (Fsp3) is 0.727.